The van der Waals surface area contributed by atoms with Gasteiger partial charge >= 0.3 is 0 Å². The van der Waals surface area contributed by atoms with E-state index in [1.165, 1.54) is 17.1 Å². The van der Waals surface area contributed by atoms with Gasteiger partial charge in [-0.15, -0.1) is 24.8 Å². The van der Waals surface area contributed by atoms with Gasteiger partial charge in [-0.1, -0.05) is 42.1 Å². The fraction of sp³-hybridized carbons (Fsp3) is 0.593. The van der Waals surface area contributed by atoms with Crippen molar-refractivity contribution in [1.82, 2.24) is 23.8 Å². The molecular weight excluding hydrogens is 642 g/mol. The highest BCUT2D eigenvalue weighted by Crippen LogP contribution is 2.35. The van der Waals surface area contributed by atoms with Crippen LogP contribution in [0.2, 0.25) is 10.0 Å². The first-order valence-corrected chi connectivity index (χ1v) is 16.5. The van der Waals surface area contributed by atoms with Crippen LogP contribution in [-0.2, 0) is 10.0 Å². The number of imidazole rings is 1. The molecule has 3 fully saturated rings. The van der Waals surface area contributed by atoms with E-state index < -0.39 is 10.0 Å². The minimum Gasteiger partial charge on any atom is -0.365 e. The van der Waals surface area contributed by atoms with Gasteiger partial charge in [0, 0.05) is 37.3 Å². The standard InChI is InChI=1S/C27H36Cl2N8O2S.2ClH/c28-21-6-3-7-22(29)24(21)40(38,39)36-14-12-19(13-15-36)32-25-23-26(37(16-31-23)20-4-1-2-5-20)35-27(34-25)33-18-10-8-17(30)9-11-18;;/h3,6-7,16-20H,1-2,4-5,8-15,30H2,(H2,32,33,34,35);2*1H/t17-,18-;;. The Morgan fingerprint density at radius 3 is 2.12 bits per heavy atom. The molecule has 232 valence electrons. The molecule has 15 heteroatoms. The third-order valence-electron chi connectivity index (χ3n) is 8.56. The topological polar surface area (TPSA) is 131 Å². The molecule has 3 heterocycles. The van der Waals surface area contributed by atoms with E-state index in [0.29, 0.717) is 43.7 Å². The normalized spacial score (nSPS) is 22.5. The molecule has 1 saturated heterocycles. The van der Waals surface area contributed by atoms with Crippen LogP contribution in [0, 0.1) is 0 Å². The summed E-state index contributed by atoms with van der Waals surface area (Å²) < 4.78 is 30.3. The molecule has 10 nitrogen and oxygen atoms in total. The van der Waals surface area contributed by atoms with Crippen molar-refractivity contribution in [1.29, 1.82) is 0 Å². The highest BCUT2D eigenvalue weighted by molar-refractivity contribution is 7.89. The maximum Gasteiger partial charge on any atom is 0.246 e. The summed E-state index contributed by atoms with van der Waals surface area (Å²) in [4.78, 5) is 14.5. The van der Waals surface area contributed by atoms with Crippen molar-refractivity contribution in [3.8, 4) is 0 Å². The SMILES string of the molecule is Cl.Cl.N[C@H]1CC[C@H](Nc2nc(NC3CCN(S(=O)(=O)c4c(Cl)cccc4Cl)CC3)c3ncn(C4CCCC4)c3n2)CC1. The maximum atomic E-state index is 13.3. The number of aromatic nitrogens is 4. The van der Waals surface area contributed by atoms with E-state index in [2.05, 4.69) is 15.2 Å². The lowest BCUT2D eigenvalue weighted by molar-refractivity contribution is 0.329. The molecule has 0 bridgehead atoms. The maximum absolute atomic E-state index is 13.3. The van der Waals surface area contributed by atoms with Gasteiger partial charge < -0.3 is 20.9 Å². The number of halogens is 4. The monoisotopic (exact) mass is 678 g/mol. The van der Waals surface area contributed by atoms with Gasteiger partial charge in [-0.3, -0.25) is 0 Å². The van der Waals surface area contributed by atoms with Crippen LogP contribution in [0.3, 0.4) is 0 Å². The van der Waals surface area contributed by atoms with Gasteiger partial charge in [0.15, 0.2) is 17.0 Å². The summed E-state index contributed by atoms with van der Waals surface area (Å²) in [6, 6.07) is 5.73. The van der Waals surface area contributed by atoms with Gasteiger partial charge in [0.2, 0.25) is 16.0 Å². The summed E-state index contributed by atoms with van der Waals surface area (Å²) in [5.41, 5.74) is 7.71. The number of nitrogens with one attached hydrogen (secondary N) is 2. The number of hydrogen-bond donors (Lipinski definition) is 3. The van der Waals surface area contributed by atoms with E-state index in [1.807, 2.05) is 6.33 Å². The lowest BCUT2D eigenvalue weighted by Crippen LogP contribution is -2.42. The van der Waals surface area contributed by atoms with Crippen LogP contribution in [0.1, 0.15) is 70.3 Å². The second-order valence-corrected chi connectivity index (χ2v) is 14.0. The third-order valence-corrected chi connectivity index (χ3v) is 11.4. The largest absolute Gasteiger partial charge is 0.365 e. The number of nitrogens with two attached hydrogens (primary N) is 1. The molecule has 2 saturated carbocycles. The van der Waals surface area contributed by atoms with Crippen LogP contribution < -0.4 is 16.4 Å². The van der Waals surface area contributed by atoms with Gasteiger partial charge in [-0.05, 0) is 63.5 Å². The van der Waals surface area contributed by atoms with Crippen molar-refractivity contribution in [3.05, 3.63) is 34.6 Å². The molecule has 0 radical (unpaired) electrons. The fourth-order valence-corrected chi connectivity index (χ4v) is 8.83. The molecule has 1 aromatic carbocycles. The molecule has 3 aliphatic rings. The van der Waals surface area contributed by atoms with Crippen molar-refractivity contribution in [2.24, 2.45) is 5.73 Å². The number of benzene rings is 1. The first kappa shape index (κ1) is 33.3. The summed E-state index contributed by atoms with van der Waals surface area (Å²) in [6.45, 7) is 0.694. The molecular formula is C27H38Cl4N8O2S. The zero-order chi connectivity index (χ0) is 27.9. The van der Waals surface area contributed by atoms with Crippen LogP contribution in [0.5, 0.6) is 0 Å². The molecule has 42 heavy (non-hydrogen) atoms. The van der Waals surface area contributed by atoms with Gasteiger partial charge in [-0.2, -0.15) is 14.3 Å². The zero-order valence-corrected chi connectivity index (χ0v) is 27.2. The van der Waals surface area contributed by atoms with Gasteiger partial charge in [-0.25, -0.2) is 13.4 Å². The number of anilines is 2. The molecule has 3 aromatic rings. The Labute approximate surface area is 269 Å². The molecule has 1 aliphatic heterocycles. The van der Waals surface area contributed by atoms with Crippen LogP contribution >= 0.6 is 48.0 Å². The van der Waals surface area contributed by atoms with E-state index in [0.717, 1.165) is 49.7 Å². The quantitative estimate of drug-likeness (QED) is 0.276. The van der Waals surface area contributed by atoms with E-state index in [9.17, 15) is 8.42 Å². The highest BCUT2D eigenvalue weighted by Gasteiger charge is 2.33. The highest BCUT2D eigenvalue weighted by atomic mass is 35.5. The Hall–Kier alpha value is -1.60. The minimum atomic E-state index is -3.81. The summed E-state index contributed by atoms with van der Waals surface area (Å²) >= 11 is 12.5. The summed E-state index contributed by atoms with van der Waals surface area (Å²) in [6.07, 6.45) is 11.8. The number of fused-ring (bicyclic) bond motifs is 1. The second kappa shape index (κ2) is 14.0. The van der Waals surface area contributed by atoms with Crippen LogP contribution in [-0.4, -0.2) is 63.5 Å². The van der Waals surface area contributed by atoms with E-state index in [-0.39, 0.29) is 57.9 Å². The lowest BCUT2D eigenvalue weighted by Gasteiger charge is -2.32. The van der Waals surface area contributed by atoms with E-state index in [1.54, 1.807) is 18.2 Å². The first-order chi connectivity index (χ1) is 19.3. The summed E-state index contributed by atoms with van der Waals surface area (Å²) in [7, 11) is -3.81. The molecule has 0 unspecified atom stereocenters. The van der Waals surface area contributed by atoms with E-state index >= 15 is 0 Å². The average molecular weight is 681 g/mol. The fourth-order valence-electron chi connectivity index (χ4n) is 6.27. The molecule has 0 spiro atoms. The van der Waals surface area contributed by atoms with Gasteiger partial charge in [0.25, 0.3) is 0 Å². The van der Waals surface area contributed by atoms with Crippen molar-refractivity contribution in [2.45, 2.75) is 93.3 Å². The third kappa shape index (κ3) is 6.87. The molecule has 2 aromatic heterocycles. The Morgan fingerprint density at radius 1 is 0.857 bits per heavy atom. The minimum absolute atomic E-state index is 0. The number of piperidine rings is 1. The van der Waals surface area contributed by atoms with Gasteiger partial charge in [0.05, 0.1) is 16.4 Å². The van der Waals surface area contributed by atoms with Gasteiger partial charge in [0.1, 0.15) is 4.90 Å². The Morgan fingerprint density at radius 2 is 1.48 bits per heavy atom. The second-order valence-electron chi connectivity index (χ2n) is 11.3. The molecule has 0 amide bonds. The summed E-state index contributed by atoms with van der Waals surface area (Å²) in [5.74, 6) is 1.29. The van der Waals surface area contributed by atoms with Crippen molar-refractivity contribution < 1.29 is 8.42 Å². The molecule has 2 aliphatic carbocycles. The number of rotatable bonds is 7. The first-order valence-electron chi connectivity index (χ1n) is 14.3. The predicted molar refractivity (Wildman–Crippen MR) is 173 cm³/mol. The van der Waals surface area contributed by atoms with Crippen molar-refractivity contribution in [3.63, 3.8) is 0 Å². The average Bonchev–Trinajstić information content (AvgIpc) is 3.60. The van der Waals surface area contributed by atoms with Crippen LogP contribution in [0.25, 0.3) is 11.2 Å². The van der Waals surface area contributed by atoms with Crippen LogP contribution in [0.4, 0.5) is 11.8 Å². The van der Waals surface area contributed by atoms with E-state index in [4.69, 9.17) is 43.9 Å². The number of hydrogen-bond acceptors (Lipinski definition) is 8. The molecule has 6 rings (SSSR count). The zero-order valence-electron chi connectivity index (χ0n) is 23.2. The van der Waals surface area contributed by atoms with Crippen molar-refractivity contribution >= 4 is 81.0 Å². The Kier molecular flexibility index (Phi) is 11.1. The lowest BCUT2D eigenvalue weighted by atomic mass is 9.92. The number of sulfonamides is 1. The van der Waals surface area contributed by atoms with Crippen LogP contribution in [0.15, 0.2) is 29.4 Å². The molecule has 0 atom stereocenters. The Bertz CT molecular complexity index is 1450. The van der Waals surface area contributed by atoms with Crippen molar-refractivity contribution in [2.75, 3.05) is 23.7 Å². The predicted octanol–water partition coefficient (Wildman–Crippen LogP) is 6.04. The number of nitrogens with zero attached hydrogens (tertiary/aromatic N) is 5. The summed E-state index contributed by atoms with van der Waals surface area (Å²) in [5, 5.41) is 7.42. The molecule has 4 N–H and O–H groups in total. The Balaban J connectivity index is 0.00000202. The smallest absolute Gasteiger partial charge is 0.246 e.